The van der Waals surface area contributed by atoms with Gasteiger partial charge in [0.05, 0.1) is 32.3 Å². The summed E-state index contributed by atoms with van der Waals surface area (Å²) in [6, 6.07) is 8.02. The highest BCUT2D eigenvalue weighted by Crippen LogP contribution is 2.39. The molecule has 0 bridgehead atoms. The molecule has 7 heteroatoms. The minimum Gasteiger partial charge on any atom is -0.507 e. The molecule has 6 nitrogen and oxygen atoms in total. The number of amides is 1. The lowest BCUT2D eigenvalue weighted by Crippen LogP contribution is -3.05. The molecule has 146 valence electrons. The number of aliphatic hydroxyl groups is 1. The Labute approximate surface area is 162 Å². The largest absolute Gasteiger partial charge is 0.507 e. The van der Waals surface area contributed by atoms with Crippen LogP contribution in [0, 0.1) is 5.82 Å². The number of carbonyl (C=O) groups is 2. The summed E-state index contributed by atoms with van der Waals surface area (Å²) in [5.74, 6) is -2.05. The van der Waals surface area contributed by atoms with Crippen LogP contribution in [0.15, 0.2) is 54.4 Å². The van der Waals surface area contributed by atoms with Crippen LogP contribution < -0.4 is 4.90 Å². The Balaban J connectivity index is 2.07. The maximum atomic E-state index is 13.4. The molecule has 1 aliphatic rings. The van der Waals surface area contributed by atoms with E-state index in [-0.39, 0.29) is 11.3 Å². The number of hydrogen-bond donors (Lipinski definition) is 2. The van der Waals surface area contributed by atoms with Gasteiger partial charge in [-0.1, -0.05) is 12.1 Å². The number of halogens is 1. The van der Waals surface area contributed by atoms with Crippen molar-refractivity contribution in [3.63, 3.8) is 0 Å². The Morgan fingerprint density at radius 3 is 2.39 bits per heavy atom. The van der Waals surface area contributed by atoms with Gasteiger partial charge in [0.25, 0.3) is 11.7 Å². The van der Waals surface area contributed by atoms with Crippen LogP contribution in [0.25, 0.3) is 5.76 Å². The van der Waals surface area contributed by atoms with Crippen molar-refractivity contribution in [2.75, 3.05) is 27.2 Å². The molecular formula is C21H23FN3O3+. The lowest BCUT2D eigenvalue weighted by molar-refractivity contribution is -0.858. The van der Waals surface area contributed by atoms with E-state index in [9.17, 15) is 19.1 Å². The van der Waals surface area contributed by atoms with E-state index in [4.69, 9.17) is 0 Å². The summed E-state index contributed by atoms with van der Waals surface area (Å²) in [5.41, 5.74) is 0.992. The van der Waals surface area contributed by atoms with Gasteiger partial charge in [0.1, 0.15) is 11.6 Å². The molecule has 1 saturated heterocycles. The van der Waals surface area contributed by atoms with E-state index in [2.05, 4.69) is 4.98 Å². The average molecular weight is 384 g/mol. The Morgan fingerprint density at radius 1 is 1.14 bits per heavy atom. The zero-order chi connectivity index (χ0) is 20.3. The molecule has 1 aromatic heterocycles. The fourth-order valence-electron chi connectivity index (χ4n) is 3.37. The van der Waals surface area contributed by atoms with Crippen LogP contribution in [0.5, 0.6) is 0 Å². The molecule has 0 saturated carbocycles. The predicted octanol–water partition coefficient (Wildman–Crippen LogP) is 1.18. The summed E-state index contributed by atoms with van der Waals surface area (Å²) in [5, 5.41) is 10.8. The number of quaternary nitrogens is 1. The molecule has 1 aromatic carbocycles. The summed E-state index contributed by atoms with van der Waals surface area (Å²) in [6.07, 6.45) is 3.69. The van der Waals surface area contributed by atoms with Gasteiger partial charge >= 0.3 is 0 Å². The molecular weight excluding hydrogens is 361 g/mol. The highest BCUT2D eigenvalue weighted by molar-refractivity contribution is 6.46. The predicted molar refractivity (Wildman–Crippen MR) is 102 cm³/mol. The summed E-state index contributed by atoms with van der Waals surface area (Å²) < 4.78 is 13.4. The Kier molecular flexibility index (Phi) is 5.84. The number of likely N-dealkylation sites (tertiary alicyclic amines) is 1. The fraction of sp³-hybridized carbons (Fsp3) is 0.286. The molecule has 0 radical (unpaired) electrons. The van der Waals surface area contributed by atoms with Gasteiger partial charge in [-0.15, -0.1) is 0 Å². The van der Waals surface area contributed by atoms with Gasteiger partial charge in [-0.2, -0.15) is 0 Å². The Morgan fingerprint density at radius 2 is 1.79 bits per heavy atom. The third-order valence-electron chi connectivity index (χ3n) is 4.76. The zero-order valence-electron chi connectivity index (χ0n) is 15.9. The van der Waals surface area contributed by atoms with Crippen molar-refractivity contribution in [1.82, 2.24) is 9.88 Å². The third-order valence-corrected chi connectivity index (χ3v) is 4.76. The number of carbonyl (C=O) groups excluding carboxylic acids is 2. The number of nitrogens with zero attached hydrogens (tertiary/aromatic N) is 2. The fourth-order valence-corrected chi connectivity index (χ4v) is 3.37. The molecule has 0 spiro atoms. The molecule has 1 amide bonds. The van der Waals surface area contributed by atoms with Crippen molar-refractivity contribution in [3.8, 4) is 0 Å². The minimum atomic E-state index is -0.758. The first-order valence-corrected chi connectivity index (χ1v) is 9.13. The summed E-state index contributed by atoms with van der Waals surface area (Å²) in [4.78, 5) is 32.1. The molecule has 3 rings (SSSR count). The van der Waals surface area contributed by atoms with Gasteiger partial charge in [0, 0.05) is 30.9 Å². The maximum Gasteiger partial charge on any atom is 0.295 e. The lowest BCUT2D eigenvalue weighted by atomic mass is 9.95. The van der Waals surface area contributed by atoms with Crippen LogP contribution in [-0.2, 0) is 9.59 Å². The number of aromatic nitrogens is 1. The zero-order valence-corrected chi connectivity index (χ0v) is 15.9. The number of benzene rings is 1. The highest BCUT2D eigenvalue weighted by Gasteiger charge is 2.45. The molecule has 1 atom stereocenters. The number of hydrogen-bond acceptors (Lipinski definition) is 4. The van der Waals surface area contributed by atoms with E-state index < -0.39 is 23.5 Å². The summed E-state index contributed by atoms with van der Waals surface area (Å²) >= 11 is 0. The summed E-state index contributed by atoms with van der Waals surface area (Å²) in [6.45, 7) is 1.19. The average Bonchev–Trinajstić information content (AvgIpc) is 2.93. The van der Waals surface area contributed by atoms with Crippen LogP contribution in [0.4, 0.5) is 4.39 Å². The van der Waals surface area contributed by atoms with Crippen LogP contribution in [0.3, 0.4) is 0 Å². The van der Waals surface area contributed by atoms with Crippen molar-refractivity contribution in [2.45, 2.75) is 12.5 Å². The molecule has 28 heavy (non-hydrogen) atoms. The van der Waals surface area contributed by atoms with E-state index >= 15 is 0 Å². The van der Waals surface area contributed by atoms with Gasteiger partial charge in [0.2, 0.25) is 0 Å². The van der Waals surface area contributed by atoms with Crippen LogP contribution in [0.2, 0.25) is 0 Å². The topological polar surface area (TPSA) is 74.9 Å². The molecule has 0 unspecified atom stereocenters. The molecule has 0 aliphatic carbocycles. The maximum absolute atomic E-state index is 13.4. The summed E-state index contributed by atoms with van der Waals surface area (Å²) in [7, 11) is 4.02. The van der Waals surface area contributed by atoms with E-state index in [0.29, 0.717) is 24.1 Å². The van der Waals surface area contributed by atoms with Crippen molar-refractivity contribution in [3.05, 3.63) is 71.3 Å². The molecule has 1 aliphatic heterocycles. The monoisotopic (exact) mass is 384 g/mol. The highest BCUT2D eigenvalue weighted by atomic mass is 19.1. The van der Waals surface area contributed by atoms with Crippen LogP contribution in [0.1, 0.15) is 23.6 Å². The van der Waals surface area contributed by atoms with Crippen molar-refractivity contribution < 1.29 is 24.0 Å². The van der Waals surface area contributed by atoms with E-state index in [1.807, 2.05) is 14.1 Å². The number of pyridine rings is 1. The van der Waals surface area contributed by atoms with Gasteiger partial charge in [-0.25, -0.2) is 4.39 Å². The Hall–Kier alpha value is -3.06. The molecule has 2 N–H and O–H groups in total. The van der Waals surface area contributed by atoms with E-state index in [0.717, 1.165) is 6.54 Å². The van der Waals surface area contributed by atoms with Gasteiger partial charge in [-0.3, -0.25) is 14.6 Å². The number of rotatable bonds is 6. The smallest absolute Gasteiger partial charge is 0.295 e. The van der Waals surface area contributed by atoms with Crippen molar-refractivity contribution in [1.29, 1.82) is 0 Å². The normalized spacial score (nSPS) is 18.9. The number of nitrogens with one attached hydrogen (secondary N) is 1. The molecule has 2 heterocycles. The SMILES string of the molecule is C[NH+](C)CCCN1C(=O)C(=O)C(=C(O)c2ccncc2)[C@@H]1c1ccc(F)cc1. The number of Topliss-reactive ketones (excluding diaryl/α,β-unsaturated/α-hetero) is 1. The van der Waals surface area contributed by atoms with Gasteiger partial charge in [0.15, 0.2) is 0 Å². The van der Waals surface area contributed by atoms with Crippen molar-refractivity contribution in [2.24, 2.45) is 0 Å². The first kappa shape index (κ1) is 19.7. The van der Waals surface area contributed by atoms with Gasteiger partial charge < -0.3 is 14.9 Å². The minimum absolute atomic E-state index is 0.0139. The van der Waals surface area contributed by atoms with Crippen LogP contribution >= 0.6 is 0 Å². The molecule has 2 aromatic rings. The number of aliphatic hydroxyl groups excluding tert-OH is 1. The van der Waals surface area contributed by atoms with Crippen molar-refractivity contribution >= 4 is 17.4 Å². The Bertz CT molecular complexity index is 895. The second kappa shape index (κ2) is 8.31. The standard InChI is InChI=1S/C21H22FN3O3/c1-24(2)12-3-13-25-18(14-4-6-16(22)7-5-14)17(20(27)21(25)28)19(26)15-8-10-23-11-9-15/h4-11,18,26H,3,12-13H2,1-2H3/p+1/t18-/m0/s1. The van der Waals surface area contributed by atoms with E-state index in [1.54, 1.807) is 12.1 Å². The first-order chi connectivity index (χ1) is 13.4. The number of ketones is 1. The van der Waals surface area contributed by atoms with Gasteiger partial charge in [-0.05, 0) is 29.8 Å². The second-order valence-electron chi connectivity index (χ2n) is 7.09. The van der Waals surface area contributed by atoms with E-state index in [1.165, 1.54) is 46.5 Å². The quantitative estimate of drug-likeness (QED) is 0.446. The first-order valence-electron chi connectivity index (χ1n) is 9.13. The third kappa shape index (κ3) is 3.94. The molecule has 1 fully saturated rings. The second-order valence-corrected chi connectivity index (χ2v) is 7.09. The lowest BCUT2D eigenvalue weighted by Gasteiger charge is -2.25. The van der Waals surface area contributed by atoms with Crippen LogP contribution in [-0.4, -0.2) is 53.9 Å².